The maximum absolute atomic E-state index is 11.6. The minimum Gasteiger partial charge on any atom is -0.481 e. The van der Waals surface area contributed by atoms with Gasteiger partial charge in [0.05, 0.1) is 11.5 Å². The van der Waals surface area contributed by atoms with E-state index in [-0.39, 0.29) is 12.0 Å². The Morgan fingerprint density at radius 3 is 2.35 bits per heavy atom. The summed E-state index contributed by atoms with van der Waals surface area (Å²) >= 11 is 0. The van der Waals surface area contributed by atoms with E-state index in [0.29, 0.717) is 11.8 Å². The van der Waals surface area contributed by atoms with Crippen LogP contribution in [0.2, 0.25) is 0 Å². The number of hydrogen-bond donors (Lipinski definition) is 2. The fourth-order valence-electron chi connectivity index (χ4n) is 4.86. The van der Waals surface area contributed by atoms with Crippen molar-refractivity contribution in [1.29, 1.82) is 0 Å². The Morgan fingerprint density at radius 2 is 1.75 bits per heavy atom. The standard InChI is InChI=1S/C17H30O3/c1-4-15(17(2,3)16(19)20)13-6-5-12-10-14(18)8-7-11(12)9-13/h11-15,18H,4-10H2,1-3H3,(H,19,20)/t11?,12?,13?,14?,15-/m0/s1. The molecule has 116 valence electrons. The number of aliphatic hydroxyl groups excluding tert-OH is 1. The van der Waals surface area contributed by atoms with Crippen molar-refractivity contribution in [2.24, 2.45) is 29.1 Å². The summed E-state index contributed by atoms with van der Waals surface area (Å²) in [5, 5.41) is 19.3. The van der Waals surface area contributed by atoms with Gasteiger partial charge in [-0.3, -0.25) is 4.79 Å². The number of fused-ring (bicyclic) bond motifs is 1. The molecule has 0 amide bonds. The highest BCUT2D eigenvalue weighted by atomic mass is 16.4. The first-order valence-electron chi connectivity index (χ1n) is 8.27. The van der Waals surface area contributed by atoms with Crippen molar-refractivity contribution in [2.45, 2.75) is 71.8 Å². The molecule has 0 spiro atoms. The number of carbonyl (C=O) groups is 1. The Labute approximate surface area is 122 Å². The average Bonchev–Trinajstić information content (AvgIpc) is 2.39. The Hall–Kier alpha value is -0.570. The van der Waals surface area contributed by atoms with E-state index in [1.54, 1.807) is 0 Å². The number of carboxylic acids is 1. The van der Waals surface area contributed by atoms with Crippen LogP contribution in [0, 0.1) is 29.1 Å². The zero-order valence-corrected chi connectivity index (χ0v) is 13.1. The number of rotatable bonds is 4. The van der Waals surface area contributed by atoms with Crippen LogP contribution < -0.4 is 0 Å². The smallest absolute Gasteiger partial charge is 0.309 e. The molecule has 0 radical (unpaired) electrons. The summed E-state index contributed by atoms with van der Waals surface area (Å²) in [5.41, 5.74) is -0.625. The summed E-state index contributed by atoms with van der Waals surface area (Å²) in [6.07, 6.45) is 7.39. The molecule has 0 aliphatic heterocycles. The molecule has 2 saturated carbocycles. The van der Waals surface area contributed by atoms with Gasteiger partial charge in [-0.2, -0.15) is 0 Å². The molecule has 0 aromatic carbocycles. The van der Waals surface area contributed by atoms with Gasteiger partial charge in [-0.1, -0.05) is 13.3 Å². The second kappa shape index (κ2) is 6.05. The van der Waals surface area contributed by atoms with Crippen LogP contribution in [0.15, 0.2) is 0 Å². The van der Waals surface area contributed by atoms with Crippen LogP contribution in [0.25, 0.3) is 0 Å². The lowest BCUT2D eigenvalue weighted by molar-refractivity contribution is -0.152. The van der Waals surface area contributed by atoms with Gasteiger partial charge in [-0.25, -0.2) is 0 Å². The molecule has 2 rings (SSSR count). The first-order valence-corrected chi connectivity index (χ1v) is 8.27. The fraction of sp³-hybridized carbons (Fsp3) is 0.941. The molecule has 2 fully saturated rings. The number of aliphatic hydroxyl groups is 1. The molecule has 0 aromatic heterocycles. The van der Waals surface area contributed by atoms with Crippen molar-refractivity contribution in [2.75, 3.05) is 0 Å². The fourth-order valence-corrected chi connectivity index (χ4v) is 4.86. The number of aliphatic carboxylic acids is 1. The van der Waals surface area contributed by atoms with Gasteiger partial charge in [0.25, 0.3) is 0 Å². The monoisotopic (exact) mass is 282 g/mol. The second-order valence-corrected chi connectivity index (χ2v) is 7.60. The Kier molecular flexibility index (Phi) is 4.78. The summed E-state index contributed by atoms with van der Waals surface area (Å²) < 4.78 is 0. The van der Waals surface area contributed by atoms with Crippen molar-refractivity contribution in [3.8, 4) is 0 Å². The van der Waals surface area contributed by atoms with Crippen molar-refractivity contribution in [3.63, 3.8) is 0 Å². The zero-order chi connectivity index (χ0) is 14.9. The van der Waals surface area contributed by atoms with Crippen molar-refractivity contribution in [1.82, 2.24) is 0 Å². The minimum absolute atomic E-state index is 0.0924. The van der Waals surface area contributed by atoms with E-state index in [9.17, 15) is 15.0 Å². The van der Waals surface area contributed by atoms with Gasteiger partial charge in [0.1, 0.15) is 0 Å². The van der Waals surface area contributed by atoms with Gasteiger partial charge in [-0.05, 0) is 76.0 Å². The van der Waals surface area contributed by atoms with Crippen LogP contribution >= 0.6 is 0 Å². The van der Waals surface area contributed by atoms with E-state index in [1.807, 2.05) is 13.8 Å². The van der Waals surface area contributed by atoms with Gasteiger partial charge in [-0.15, -0.1) is 0 Å². The van der Waals surface area contributed by atoms with Gasteiger partial charge in [0.15, 0.2) is 0 Å². The van der Waals surface area contributed by atoms with Gasteiger partial charge in [0, 0.05) is 0 Å². The third-order valence-electron chi connectivity index (χ3n) is 6.11. The molecule has 2 aliphatic carbocycles. The van der Waals surface area contributed by atoms with Gasteiger partial charge >= 0.3 is 5.97 Å². The van der Waals surface area contributed by atoms with Gasteiger partial charge in [0.2, 0.25) is 0 Å². The van der Waals surface area contributed by atoms with Crippen LogP contribution in [0.5, 0.6) is 0 Å². The topological polar surface area (TPSA) is 57.5 Å². The lowest BCUT2D eigenvalue weighted by Gasteiger charge is -2.45. The predicted molar refractivity (Wildman–Crippen MR) is 79.4 cm³/mol. The summed E-state index contributed by atoms with van der Waals surface area (Å²) in [6.45, 7) is 5.91. The molecule has 0 bridgehead atoms. The van der Waals surface area contributed by atoms with Gasteiger partial charge < -0.3 is 10.2 Å². The van der Waals surface area contributed by atoms with Crippen molar-refractivity contribution in [3.05, 3.63) is 0 Å². The van der Waals surface area contributed by atoms with Crippen LogP contribution in [-0.2, 0) is 4.79 Å². The Bertz CT molecular complexity index is 350. The second-order valence-electron chi connectivity index (χ2n) is 7.60. The molecule has 20 heavy (non-hydrogen) atoms. The third-order valence-corrected chi connectivity index (χ3v) is 6.11. The molecule has 3 heteroatoms. The number of carboxylic acid groups (broad SMARTS) is 1. The molecule has 0 saturated heterocycles. The van der Waals surface area contributed by atoms with Crippen LogP contribution in [-0.4, -0.2) is 22.3 Å². The van der Waals surface area contributed by atoms with Crippen LogP contribution in [0.3, 0.4) is 0 Å². The molecule has 4 unspecified atom stereocenters. The van der Waals surface area contributed by atoms with Crippen LogP contribution in [0.4, 0.5) is 0 Å². The molecule has 2 N–H and O–H groups in total. The third kappa shape index (κ3) is 3.03. The average molecular weight is 282 g/mol. The maximum Gasteiger partial charge on any atom is 0.309 e. The first-order chi connectivity index (χ1) is 9.36. The lowest BCUT2D eigenvalue weighted by atomic mass is 9.60. The molecular weight excluding hydrogens is 252 g/mol. The highest BCUT2D eigenvalue weighted by molar-refractivity contribution is 5.74. The van der Waals surface area contributed by atoms with E-state index >= 15 is 0 Å². The predicted octanol–water partition coefficient (Wildman–Crippen LogP) is 3.70. The van der Waals surface area contributed by atoms with E-state index in [4.69, 9.17) is 0 Å². The molecule has 0 heterocycles. The number of hydrogen-bond acceptors (Lipinski definition) is 2. The summed E-state index contributed by atoms with van der Waals surface area (Å²) in [7, 11) is 0. The lowest BCUT2D eigenvalue weighted by Crippen LogP contribution is -2.41. The Morgan fingerprint density at radius 1 is 1.15 bits per heavy atom. The van der Waals surface area contributed by atoms with Crippen molar-refractivity contribution >= 4 is 5.97 Å². The quantitative estimate of drug-likeness (QED) is 0.826. The summed E-state index contributed by atoms with van der Waals surface area (Å²) in [6, 6.07) is 0. The zero-order valence-electron chi connectivity index (χ0n) is 13.1. The molecule has 2 aliphatic rings. The normalized spacial score (nSPS) is 36.2. The molecule has 0 aromatic rings. The first kappa shape index (κ1) is 15.8. The van der Waals surface area contributed by atoms with E-state index in [2.05, 4.69) is 6.92 Å². The molecule has 3 nitrogen and oxygen atoms in total. The molecule has 5 atom stereocenters. The van der Waals surface area contributed by atoms with E-state index in [0.717, 1.165) is 38.0 Å². The van der Waals surface area contributed by atoms with E-state index in [1.165, 1.54) is 12.8 Å². The largest absolute Gasteiger partial charge is 0.481 e. The van der Waals surface area contributed by atoms with Crippen molar-refractivity contribution < 1.29 is 15.0 Å². The van der Waals surface area contributed by atoms with E-state index < -0.39 is 11.4 Å². The molecular formula is C17H30O3. The SMILES string of the molecule is CC[C@@H](C1CCC2CC(O)CCC2C1)C(C)(C)C(=O)O. The summed E-state index contributed by atoms with van der Waals surface area (Å²) in [5.74, 6) is 1.55. The summed E-state index contributed by atoms with van der Waals surface area (Å²) in [4.78, 5) is 11.6. The highest BCUT2D eigenvalue weighted by Crippen LogP contribution is 2.49. The maximum atomic E-state index is 11.6. The Balaban J connectivity index is 2.05. The highest BCUT2D eigenvalue weighted by Gasteiger charge is 2.44. The van der Waals surface area contributed by atoms with Crippen LogP contribution in [0.1, 0.15) is 65.7 Å². The minimum atomic E-state index is -0.662.